The van der Waals surface area contributed by atoms with E-state index in [4.69, 9.17) is 9.47 Å². The molecular weight excluding hydrogens is 184 g/mol. The number of rotatable bonds is 3. The molecule has 0 bridgehead atoms. The average molecular weight is 204 g/mol. The maximum Gasteiger partial charge on any atom is 0.106 e. The third-order valence-corrected chi connectivity index (χ3v) is 2.92. The van der Waals surface area contributed by atoms with E-state index in [9.17, 15) is 10.2 Å². The van der Waals surface area contributed by atoms with Crippen LogP contribution in [0, 0.1) is 5.92 Å². The maximum absolute atomic E-state index is 9.83. The van der Waals surface area contributed by atoms with E-state index in [1.165, 1.54) is 0 Å². The van der Waals surface area contributed by atoms with Gasteiger partial charge in [0, 0.05) is 13.0 Å². The molecule has 0 aromatic carbocycles. The molecule has 0 amide bonds. The summed E-state index contributed by atoms with van der Waals surface area (Å²) in [6.07, 6.45) is -1.16. The van der Waals surface area contributed by atoms with Gasteiger partial charge in [0.05, 0.1) is 24.9 Å². The summed E-state index contributed by atoms with van der Waals surface area (Å²) >= 11 is 0. The number of ether oxygens (including phenoxy) is 2. The van der Waals surface area contributed by atoms with Crippen molar-refractivity contribution in [3.05, 3.63) is 0 Å². The van der Waals surface area contributed by atoms with Gasteiger partial charge in [-0.3, -0.25) is 0 Å². The van der Waals surface area contributed by atoms with Crippen LogP contribution in [0.15, 0.2) is 0 Å². The second kappa shape index (κ2) is 5.07. The summed E-state index contributed by atoms with van der Waals surface area (Å²) in [4.78, 5) is 0. The molecule has 4 heteroatoms. The van der Waals surface area contributed by atoms with Crippen LogP contribution in [0.5, 0.6) is 0 Å². The number of methoxy groups -OCH3 is 1. The van der Waals surface area contributed by atoms with Gasteiger partial charge in [-0.1, -0.05) is 6.92 Å². The Hall–Kier alpha value is -0.160. The lowest BCUT2D eigenvalue weighted by molar-refractivity contribution is -0.203. The SMILES string of the molecule is CC[C@@H]1OC(C)[C@H](COC)C(O)C1O. The lowest BCUT2D eigenvalue weighted by Gasteiger charge is -2.41. The number of aliphatic hydroxyl groups is 2. The summed E-state index contributed by atoms with van der Waals surface area (Å²) in [6, 6.07) is 0. The van der Waals surface area contributed by atoms with Gasteiger partial charge in [-0.25, -0.2) is 0 Å². The third-order valence-electron chi connectivity index (χ3n) is 2.92. The molecule has 0 aromatic heterocycles. The smallest absolute Gasteiger partial charge is 0.106 e. The van der Waals surface area contributed by atoms with Gasteiger partial charge < -0.3 is 19.7 Å². The summed E-state index contributed by atoms with van der Waals surface area (Å²) in [7, 11) is 1.58. The van der Waals surface area contributed by atoms with E-state index in [0.717, 1.165) is 0 Å². The van der Waals surface area contributed by atoms with E-state index < -0.39 is 12.2 Å². The zero-order valence-corrected chi connectivity index (χ0v) is 9.01. The fourth-order valence-electron chi connectivity index (χ4n) is 1.97. The Kier molecular flexibility index (Phi) is 4.31. The van der Waals surface area contributed by atoms with Gasteiger partial charge in [-0.05, 0) is 13.3 Å². The molecule has 1 rings (SSSR count). The van der Waals surface area contributed by atoms with Gasteiger partial charge in [0.2, 0.25) is 0 Å². The zero-order chi connectivity index (χ0) is 10.7. The monoisotopic (exact) mass is 204 g/mol. The average Bonchev–Trinajstić information content (AvgIpc) is 2.18. The largest absolute Gasteiger partial charge is 0.390 e. The first-order valence-electron chi connectivity index (χ1n) is 5.12. The van der Waals surface area contributed by atoms with Crippen molar-refractivity contribution in [1.82, 2.24) is 0 Å². The molecule has 1 fully saturated rings. The van der Waals surface area contributed by atoms with Gasteiger partial charge in [0.25, 0.3) is 0 Å². The molecule has 84 valence electrons. The van der Waals surface area contributed by atoms with Crippen molar-refractivity contribution in [2.24, 2.45) is 5.92 Å². The topological polar surface area (TPSA) is 58.9 Å². The van der Waals surface area contributed by atoms with E-state index in [2.05, 4.69) is 0 Å². The van der Waals surface area contributed by atoms with Crippen LogP contribution in [-0.4, -0.2) is 48.3 Å². The fraction of sp³-hybridized carbons (Fsp3) is 1.00. The minimum atomic E-state index is -0.795. The van der Waals surface area contributed by atoms with Crippen LogP contribution in [0.2, 0.25) is 0 Å². The van der Waals surface area contributed by atoms with Crippen molar-refractivity contribution in [3.63, 3.8) is 0 Å². The van der Waals surface area contributed by atoms with Gasteiger partial charge in [-0.2, -0.15) is 0 Å². The zero-order valence-electron chi connectivity index (χ0n) is 9.01. The van der Waals surface area contributed by atoms with Crippen LogP contribution >= 0.6 is 0 Å². The Bertz CT molecular complexity index is 174. The second-order valence-corrected chi connectivity index (χ2v) is 3.89. The third kappa shape index (κ3) is 2.25. The van der Waals surface area contributed by atoms with Crippen molar-refractivity contribution in [2.75, 3.05) is 13.7 Å². The summed E-state index contributed by atoms with van der Waals surface area (Å²) in [6.45, 7) is 4.25. The first-order chi connectivity index (χ1) is 6.61. The van der Waals surface area contributed by atoms with Crippen LogP contribution in [-0.2, 0) is 9.47 Å². The van der Waals surface area contributed by atoms with E-state index in [1.54, 1.807) is 7.11 Å². The van der Waals surface area contributed by atoms with Crippen LogP contribution in [0.1, 0.15) is 20.3 Å². The van der Waals surface area contributed by atoms with Crippen LogP contribution in [0.4, 0.5) is 0 Å². The predicted molar refractivity (Wildman–Crippen MR) is 52.0 cm³/mol. The Morgan fingerprint density at radius 1 is 1.29 bits per heavy atom. The summed E-state index contributed by atoms with van der Waals surface area (Å²) < 4.78 is 10.6. The van der Waals surface area contributed by atoms with E-state index in [0.29, 0.717) is 13.0 Å². The van der Waals surface area contributed by atoms with E-state index in [1.807, 2.05) is 13.8 Å². The molecule has 1 heterocycles. The lowest BCUT2D eigenvalue weighted by Crippen LogP contribution is -2.54. The highest BCUT2D eigenvalue weighted by Gasteiger charge is 2.41. The van der Waals surface area contributed by atoms with E-state index >= 15 is 0 Å². The number of hydrogen-bond donors (Lipinski definition) is 2. The quantitative estimate of drug-likeness (QED) is 0.688. The first-order valence-corrected chi connectivity index (χ1v) is 5.12. The van der Waals surface area contributed by atoms with Crippen molar-refractivity contribution >= 4 is 0 Å². The van der Waals surface area contributed by atoms with Crippen LogP contribution in [0.3, 0.4) is 0 Å². The minimum absolute atomic E-state index is 0.0710. The first kappa shape index (κ1) is 11.9. The molecule has 4 nitrogen and oxygen atoms in total. The van der Waals surface area contributed by atoms with Gasteiger partial charge in [0.1, 0.15) is 6.10 Å². The van der Waals surface area contributed by atoms with Gasteiger partial charge >= 0.3 is 0 Å². The highest BCUT2D eigenvalue weighted by atomic mass is 16.5. The molecule has 1 saturated heterocycles. The highest BCUT2D eigenvalue weighted by molar-refractivity contribution is 4.89. The van der Waals surface area contributed by atoms with Crippen molar-refractivity contribution in [3.8, 4) is 0 Å². The standard InChI is InChI=1S/C10H20O4/c1-4-8-10(12)9(11)7(5-13-3)6(2)14-8/h6-12H,4-5H2,1-3H3/t6?,7-,8-,9?,10?/m0/s1. The fourth-order valence-corrected chi connectivity index (χ4v) is 1.97. The Morgan fingerprint density at radius 3 is 2.43 bits per heavy atom. The van der Waals surface area contributed by atoms with Crippen molar-refractivity contribution < 1.29 is 19.7 Å². The van der Waals surface area contributed by atoms with E-state index in [-0.39, 0.29) is 18.1 Å². The summed E-state index contributed by atoms with van der Waals surface area (Å²) in [5.41, 5.74) is 0. The van der Waals surface area contributed by atoms with Crippen molar-refractivity contribution in [1.29, 1.82) is 0 Å². The molecule has 0 saturated carbocycles. The lowest BCUT2D eigenvalue weighted by atomic mass is 9.87. The molecule has 0 spiro atoms. The normalized spacial score (nSPS) is 43.9. The molecule has 3 unspecified atom stereocenters. The molecule has 1 aliphatic rings. The molecule has 1 aliphatic heterocycles. The summed E-state index contributed by atoms with van der Waals surface area (Å²) in [5, 5.41) is 19.6. The molecule has 0 aromatic rings. The molecule has 14 heavy (non-hydrogen) atoms. The van der Waals surface area contributed by atoms with Crippen LogP contribution in [0.25, 0.3) is 0 Å². The van der Waals surface area contributed by atoms with Crippen molar-refractivity contribution in [2.45, 2.75) is 44.7 Å². The van der Waals surface area contributed by atoms with Gasteiger partial charge in [0.15, 0.2) is 0 Å². The Morgan fingerprint density at radius 2 is 1.93 bits per heavy atom. The highest BCUT2D eigenvalue weighted by Crippen LogP contribution is 2.27. The summed E-state index contributed by atoms with van der Waals surface area (Å²) in [5.74, 6) is -0.141. The number of aliphatic hydroxyl groups excluding tert-OH is 2. The molecule has 2 N–H and O–H groups in total. The molecule has 0 aliphatic carbocycles. The molecular formula is C10H20O4. The predicted octanol–water partition coefficient (Wildman–Crippen LogP) is 0.168. The number of hydrogen-bond acceptors (Lipinski definition) is 4. The van der Waals surface area contributed by atoms with Gasteiger partial charge in [-0.15, -0.1) is 0 Å². The minimum Gasteiger partial charge on any atom is -0.390 e. The Balaban J connectivity index is 2.63. The second-order valence-electron chi connectivity index (χ2n) is 3.89. The van der Waals surface area contributed by atoms with Crippen LogP contribution < -0.4 is 0 Å². The molecule has 0 radical (unpaired) electrons. The Labute approximate surface area is 84.8 Å². The molecule has 5 atom stereocenters. The maximum atomic E-state index is 9.83.